The number of hydrogen-bond donors (Lipinski definition) is 1. The minimum atomic E-state index is -1.33. The number of carbonyl (C=O) groups excluding carboxylic acids is 1. The molecule has 4 saturated carbocycles. The Labute approximate surface area is 237 Å². The first-order valence-corrected chi connectivity index (χ1v) is 14.1. The van der Waals surface area contributed by atoms with E-state index in [2.05, 4.69) is 4.98 Å². The van der Waals surface area contributed by atoms with Crippen molar-refractivity contribution in [3.63, 3.8) is 0 Å². The Morgan fingerprint density at radius 3 is 2.27 bits per heavy atom. The summed E-state index contributed by atoms with van der Waals surface area (Å²) < 4.78 is 13.3. The molecule has 4 aliphatic carbocycles. The summed E-state index contributed by atoms with van der Waals surface area (Å²) in [4.78, 5) is 32.1. The first-order chi connectivity index (χ1) is 20.0. The smallest absolute Gasteiger partial charge is 0.330 e. The summed E-state index contributed by atoms with van der Waals surface area (Å²) in [6, 6.07) is 15.1. The number of aliphatic carboxylic acids is 1. The van der Waals surface area contributed by atoms with Gasteiger partial charge in [-0.1, -0.05) is 18.2 Å². The van der Waals surface area contributed by atoms with Gasteiger partial charge in [-0.05, 0) is 80.0 Å². The van der Waals surface area contributed by atoms with Crippen molar-refractivity contribution in [1.29, 1.82) is 0 Å². The maximum atomic E-state index is 13.3. The first kappa shape index (κ1) is 25.6. The highest BCUT2D eigenvalue weighted by Gasteiger charge is 2.64. The van der Waals surface area contributed by atoms with Gasteiger partial charge in [0, 0.05) is 29.2 Å². The molecule has 4 fully saturated rings. The molecule has 0 atom stereocenters. The number of anilines is 1. The van der Waals surface area contributed by atoms with Crippen molar-refractivity contribution in [2.24, 2.45) is 23.7 Å². The van der Waals surface area contributed by atoms with E-state index in [0.717, 1.165) is 42.1 Å². The SMILES string of the molecule is COc1cccc(OC)c1-c1cc(N(C=O)C2(C(=O)O)C3CC4CC(C3)CC2C4)nn1-c1cccc2cnccc12. The van der Waals surface area contributed by atoms with E-state index in [4.69, 9.17) is 14.6 Å². The quantitative estimate of drug-likeness (QED) is 0.294. The van der Waals surface area contributed by atoms with Gasteiger partial charge in [0.1, 0.15) is 11.5 Å². The summed E-state index contributed by atoms with van der Waals surface area (Å²) in [5.74, 6) is 1.34. The molecule has 0 radical (unpaired) electrons. The standard InChI is InChI=1S/C32H32N4O5/c1-40-27-7-4-8-28(41-2)30(27)26-16-29(34-36(26)25-6-3-5-21-17-33-10-9-24(21)25)35(18-37)32(31(38)39)22-12-19-11-20(14-22)15-23(32)13-19/h3-10,16-20,22-23H,11-15H2,1-2H3,(H,38,39). The Balaban J connectivity index is 1.48. The van der Waals surface area contributed by atoms with Crippen molar-refractivity contribution in [2.75, 3.05) is 19.1 Å². The van der Waals surface area contributed by atoms with Crippen LogP contribution in [0.1, 0.15) is 32.1 Å². The highest BCUT2D eigenvalue weighted by atomic mass is 16.5. The summed E-state index contributed by atoms with van der Waals surface area (Å²) in [7, 11) is 3.18. The molecule has 2 aromatic carbocycles. The van der Waals surface area contributed by atoms with Gasteiger partial charge in [0.25, 0.3) is 0 Å². The summed E-state index contributed by atoms with van der Waals surface area (Å²) in [5, 5.41) is 17.7. The van der Waals surface area contributed by atoms with Crippen LogP contribution in [-0.2, 0) is 9.59 Å². The van der Waals surface area contributed by atoms with Crippen molar-refractivity contribution in [1.82, 2.24) is 14.8 Å². The van der Waals surface area contributed by atoms with E-state index in [1.807, 2.05) is 42.5 Å². The summed E-state index contributed by atoms with van der Waals surface area (Å²) in [6.07, 6.45) is 8.68. The monoisotopic (exact) mass is 552 g/mol. The zero-order chi connectivity index (χ0) is 28.3. The van der Waals surface area contributed by atoms with Gasteiger partial charge in [0.15, 0.2) is 11.4 Å². The molecular formula is C32H32N4O5. The number of pyridine rings is 1. The van der Waals surface area contributed by atoms with Gasteiger partial charge in [0.05, 0.1) is 31.2 Å². The van der Waals surface area contributed by atoms with Crippen molar-refractivity contribution in [2.45, 2.75) is 37.6 Å². The molecular weight excluding hydrogens is 520 g/mol. The molecule has 4 bridgehead atoms. The lowest BCUT2D eigenvalue weighted by atomic mass is 9.48. The van der Waals surface area contributed by atoms with Crippen LogP contribution in [0.15, 0.2) is 60.9 Å². The number of carboxylic acids is 1. The Hall–Kier alpha value is -4.40. The zero-order valence-electron chi connectivity index (χ0n) is 23.1. The molecule has 0 saturated heterocycles. The van der Waals surface area contributed by atoms with Crippen LogP contribution >= 0.6 is 0 Å². The van der Waals surface area contributed by atoms with Gasteiger partial charge in [-0.25, -0.2) is 9.48 Å². The maximum absolute atomic E-state index is 13.3. The number of aromatic nitrogens is 3. The van der Waals surface area contributed by atoms with Crippen LogP contribution in [0, 0.1) is 23.7 Å². The maximum Gasteiger partial charge on any atom is 0.330 e. The molecule has 41 heavy (non-hydrogen) atoms. The molecule has 1 N–H and O–H groups in total. The number of amides is 1. The summed E-state index contributed by atoms with van der Waals surface area (Å²) >= 11 is 0. The molecule has 9 nitrogen and oxygen atoms in total. The van der Waals surface area contributed by atoms with E-state index >= 15 is 0 Å². The third kappa shape index (κ3) is 3.67. The molecule has 4 aromatic rings. The Morgan fingerprint density at radius 1 is 1.00 bits per heavy atom. The summed E-state index contributed by atoms with van der Waals surface area (Å²) in [6.45, 7) is 0. The van der Waals surface area contributed by atoms with Crippen LogP contribution in [0.4, 0.5) is 5.82 Å². The van der Waals surface area contributed by atoms with E-state index in [0.29, 0.717) is 46.8 Å². The van der Waals surface area contributed by atoms with E-state index in [1.165, 1.54) is 11.3 Å². The fraction of sp³-hybridized carbons (Fsp3) is 0.375. The first-order valence-electron chi connectivity index (χ1n) is 14.1. The number of fused-ring (bicyclic) bond motifs is 1. The van der Waals surface area contributed by atoms with E-state index in [1.54, 1.807) is 37.4 Å². The number of carbonyl (C=O) groups is 2. The topological polar surface area (TPSA) is 107 Å². The van der Waals surface area contributed by atoms with Gasteiger partial charge in [-0.3, -0.25) is 14.7 Å². The average Bonchev–Trinajstić information content (AvgIpc) is 3.41. The number of hydrogen-bond acceptors (Lipinski definition) is 6. The van der Waals surface area contributed by atoms with Gasteiger partial charge in [-0.2, -0.15) is 0 Å². The van der Waals surface area contributed by atoms with E-state index < -0.39 is 11.5 Å². The second kappa shape index (κ2) is 9.61. The predicted molar refractivity (Wildman–Crippen MR) is 153 cm³/mol. The van der Waals surface area contributed by atoms with Crippen molar-refractivity contribution >= 4 is 29.0 Å². The lowest BCUT2D eigenvalue weighted by molar-refractivity contribution is -0.161. The van der Waals surface area contributed by atoms with E-state index in [-0.39, 0.29) is 11.8 Å². The summed E-state index contributed by atoms with van der Waals surface area (Å²) in [5.41, 5.74) is 0.705. The number of rotatable bonds is 8. The lowest BCUT2D eigenvalue weighted by Crippen LogP contribution is -2.70. The normalized spacial score (nSPS) is 26.2. The van der Waals surface area contributed by atoms with Crippen LogP contribution < -0.4 is 14.4 Å². The van der Waals surface area contributed by atoms with Gasteiger partial charge >= 0.3 is 5.97 Å². The Bertz CT molecular complexity index is 1610. The predicted octanol–water partition coefficient (Wildman–Crippen LogP) is 5.35. The minimum absolute atomic E-state index is 0.112. The second-order valence-corrected chi connectivity index (χ2v) is 11.6. The molecule has 0 aliphatic heterocycles. The Kier molecular flexibility index (Phi) is 5.99. The van der Waals surface area contributed by atoms with Crippen LogP contribution in [0.2, 0.25) is 0 Å². The lowest BCUT2D eigenvalue weighted by Gasteiger charge is -2.61. The molecule has 0 spiro atoms. The van der Waals surface area contributed by atoms with Gasteiger partial charge in [-0.15, -0.1) is 5.10 Å². The molecule has 2 aromatic heterocycles. The van der Waals surface area contributed by atoms with Gasteiger partial charge in [0.2, 0.25) is 6.41 Å². The molecule has 210 valence electrons. The Morgan fingerprint density at radius 2 is 1.66 bits per heavy atom. The van der Waals surface area contributed by atoms with Crippen molar-refractivity contribution in [3.8, 4) is 28.4 Å². The fourth-order valence-electron chi connectivity index (χ4n) is 8.32. The highest BCUT2D eigenvalue weighted by Crippen LogP contribution is 2.60. The highest BCUT2D eigenvalue weighted by molar-refractivity contribution is 5.95. The van der Waals surface area contributed by atoms with Crippen LogP contribution in [0.3, 0.4) is 0 Å². The molecule has 8 rings (SSSR count). The molecule has 2 heterocycles. The molecule has 9 heteroatoms. The fourth-order valence-corrected chi connectivity index (χ4v) is 8.32. The number of methoxy groups -OCH3 is 2. The number of ether oxygens (including phenoxy) is 2. The number of benzene rings is 2. The number of carboxylic acid groups (broad SMARTS) is 1. The van der Waals surface area contributed by atoms with E-state index in [9.17, 15) is 14.7 Å². The molecule has 0 unspecified atom stereocenters. The third-order valence-electron chi connectivity index (χ3n) is 9.74. The second-order valence-electron chi connectivity index (χ2n) is 11.6. The van der Waals surface area contributed by atoms with Crippen LogP contribution in [0.5, 0.6) is 11.5 Å². The van der Waals surface area contributed by atoms with Crippen LogP contribution in [0.25, 0.3) is 27.7 Å². The minimum Gasteiger partial charge on any atom is -0.496 e. The average molecular weight is 553 g/mol. The van der Waals surface area contributed by atoms with Gasteiger partial charge < -0.3 is 14.6 Å². The largest absolute Gasteiger partial charge is 0.496 e. The number of nitrogens with zero attached hydrogens (tertiary/aromatic N) is 4. The van der Waals surface area contributed by atoms with Crippen LogP contribution in [-0.4, -0.2) is 52.0 Å². The molecule has 1 amide bonds. The zero-order valence-corrected chi connectivity index (χ0v) is 23.1. The van der Waals surface area contributed by atoms with Crippen molar-refractivity contribution in [3.05, 3.63) is 60.9 Å². The van der Waals surface area contributed by atoms with Crippen molar-refractivity contribution < 1.29 is 24.2 Å². The third-order valence-corrected chi connectivity index (χ3v) is 9.74. The molecule has 4 aliphatic rings.